The van der Waals surface area contributed by atoms with Gasteiger partial charge in [-0.05, 0) is 42.2 Å². The third kappa shape index (κ3) is 3.45. The van der Waals surface area contributed by atoms with Crippen molar-refractivity contribution in [1.29, 1.82) is 0 Å². The molecule has 2 aromatic rings. The number of fused-ring (bicyclic) bond motifs is 2. The lowest BCUT2D eigenvalue weighted by atomic mass is 9.71. The van der Waals surface area contributed by atoms with Crippen LogP contribution in [0.15, 0.2) is 29.1 Å². The summed E-state index contributed by atoms with van der Waals surface area (Å²) in [6, 6.07) is 8.34. The van der Waals surface area contributed by atoms with Gasteiger partial charge in [-0.25, -0.2) is 9.48 Å². The van der Waals surface area contributed by atoms with Crippen molar-refractivity contribution >= 4 is 5.91 Å². The van der Waals surface area contributed by atoms with Crippen LogP contribution in [-0.2, 0) is 29.7 Å². The molecule has 0 fully saturated rings. The fourth-order valence-electron chi connectivity index (χ4n) is 4.47. The molecule has 6 nitrogen and oxygen atoms in total. The van der Waals surface area contributed by atoms with Gasteiger partial charge in [-0.2, -0.15) is 5.10 Å². The Balaban J connectivity index is 1.50. The summed E-state index contributed by atoms with van der Waals surface area (Å²) in [6.07, 6.45) is 5.92. The summed E-state index contributed by atoms with van der Waals surface area (Å²) >= 11 is 0. The van der Waals surface area contributed by atoms with E-state index in [1.54, 1.807) is 4.57 Å². The summed E-state index contributed by atoms with van der Waals surface area (Å²) in [4.78, 5) is 25.2. The molecule has 1 N–H and O–H groups in total. The summed E-state index contributed by atoms with van der Waals surface area (Å²) in [5.41, 5.74) is 2.45. The smallest absolute Gasteiger partial charge is 0.346 e. The minimum Gasteiger partial charge on any atom is -0.348 e. The minimum atomic E-state index is -0.160. The standard InChI is InChI=1S/C21H28N4O2/c1-21(2)12-11-17(15-8-5-6-9-16(15)21)22-19(26)14-25-20(27)24-13-7-3-4-10-18(24)23-25/h5-6,8-9,17H,3-4,7,10-14H2,1-2H3,(H,22,26). The van der Waals surface area contributed by atoms with Gasteiger partial charge in [0.1, 0.15) is 12.4 Å². The number of nitrogens with zero attached hydrogens (tertiary/aromatic N) is 3. The van der Waals surface area contributed by atoms with E-state index in [4.69, 9.17) is 0 Å². The third-order valence-electron chi connectivity index (χ3n) is 6.03. The minimum absolute atomic E-state index is 0.00198. The molecular weight excluding hydrogens is 340 g/mol. The molecule has 0 saturated carbocycles. The molecule has 1 unspecified atom stereocenters. The number of nitrogens with one attached hydrogen (secondary N) is 1. The van der Waals surface area contributed by atoms with Crippen LogP contribution in [0.3, 0.4) is 0 Å². The van der Waals surface area contributed by atoms with Crippen LogP contribution in [0.2, 0.25) is 0 Å². The fraction of sp³-hybridized carbons (Fsp3) is 0.571. The SMILES string of the molecule is CC1(C)CCC(NC(=O)Cn2nc3n(c2=O)CCCCC3)c2ccccc21. The maximum atomic E-state index is 12.7. The predicted molar refractivity (Wildman–Crippen MR) is 104 cm³/mol. The van der Waals surface area contributed by atoms with Crippen molar-refractivity contribution in [3.63, 3.8) is 0 Å². The first-order chi connectivity index (χ1) is 13.0. The van der Waals surface area contributed by atoms with Crippen LogP contribution in [0.5, 0.6) is 0 Å². The van der Waals surface area contributed by atoms with E-state index in [-0.39, 0.29) is 29.6 Å². The molecule has 0 saturated heterocycles. The van der Waals surface area contributed by atoms with Gasteiger partial charge >= 0.3 is 5.69 Å². The number of aromatic nitrogens is 3. The highest BCUT2D eigenvalue weighted by Gasteiger charge is 2.33. The topological polar surface area (TPSA) is 68.9 Å². The summed E-state index contributed by atoms with van der Waals surface area (Å²) in [5, 5.41) is 7.55. The average molecular weight is 368 g/mol. The Hall–Kier alpha value is -2.37. The molecule has 1 aliphatic carbocycles. The maximum Gasteiger partial charge on any atom is 0.346 e. The van der Waals surface area contributed by atoms with Gasteiger partial charge in [0, 0.05) is 13.0 Å². The van der Waals surface area contributed by atoms with Gasteiger partial charge in [-0.1, -0.05) is 44.5 Å². The van der Waals surface area contributed by atoms with Crippen molar-refractivity contribution in [2.45, 2.75) is 76.9 Å². The second-order valence-corrected chi connectivity index (χ2v) is 8.45. The molecule has 27 heavy (non-hydrogen) atoms. The van der Waals surface area contributed by atoms with Crippen molar-refractivity contribution in [2.75, 3.05) is 0 Å². The number of benzene rings is 1. The van der Waals surface area contributed by atoms with Crippen molar-refractivity contribution in [3.05, 3.63) is 51.7 Å². The zero-order chi connectivity index (χ0) is 19.0. The molecule has 2 heterocycles. The molecule has 1 atom stereocenters. The van der Waals surface area contributed by atoms with Gasteiger partial charge in [0.2, 0.25) is 5.91 Å². The number of hydrogen-bond acceptors (Lipinski definition) is 3. The molecule has 1 amide bonds. The molecular formula is C21H28N4O2. The first-order valence-corrected chi connectivity index (χ1v) is 10.0. The average Bonchev–Trinajstić information content (AvgIpc) is 2.81. The predicted octanol–water partition coefficient (Wildman–Crippen LogP) is 2.70. The summed E-state index contributed by atoms with van der Waals surface area (Å²) in [7, 11) is 0. The van der Waals surface area contributed by atoms with E-state index < -0.39 is 0 Å². The molecule has 1 aromatic heterocycles. The second-order valence-electron chi connectivity index (χ2n) is 8.45. The van der Waals surface area contributed by atoms with E-state index in [1.807, 2.05) is 6.07 Å². The van der Waals surface area contributed by atoms with Gasteiger partial charge in [0.15, 0.2) is 0 Å². The highest BCUT2D eigenvalue weighted by atomic mass is 16.2. The zero-order valence-corrected chi connectivity index (χ0v) is 16.2. The Morgan fingerprint density at radius 2 is 2.07 bits per heavy atom. The number of amides is 1. The number of rotatable bonds is 3. The summed E-state index contributed by atoms with van der Waals surface area (Å²) in [5.74, 6) is 0.667. The quantitative estimate of drug-likeness (QED) is 0.906. The van der Waals surface area contributed by atoms with Crippen molar-refractivity contribution in [2.24, 2.45) is 0 Å². The van der Waals surface area contributed by atoms with Gasteiger partial charge < -0.3 is 5.32 Å². The van der Waals surface area contributed by atoms with Gasteiger partial charge in [0.05, 0.1) is 6.04 Å². The van der Waals surface area contributed by atoms with E-state index in [1.165, 1.54) is 15.8 Å². The number of carbonyl (C=O) groups excluding carboxylic acids is 1. The van der Waals surface area contributed by atoms with Crippen LogP contribution in [-0.4, -0.2) is 20.3 Å². The Morgan fingerprint density at radius 3 is 2.93 bits per heavy atom. The zero-order valence-electron chi connectivity index (χ0n) is 16.2. The molecule has 1 aliphatic heterocycles. The molecule has 0 radical (unpaired) electrons. The largest absolute Gasteiger partial charge is 0.348 e. The normalized spacial score (nSPS) is 21.0. The van der Waals surface area contributed by atoms with Crippen LogP contribution < -0.4 is 11.0 Å². The fourth-order valence-corrected chi connectivity index (χ4v) is 4.47. The van der Waals surface area contributed by atoms with Crippen molar-refractivity contribution < 1.29 is 4.79 Å². The number of hydrogen-bond donors (Lipinski definition) is 1. The van der Waals surface area contributed by atoms with Crippen LogP contribution in [0.25, 0.3) is 0 Å². The first kappa shape index (κ1) is 18.0. The van der Waals surface area contributed by atoms with Crippen LogP contribution in [0, 0.1) is 0 Å². The lowest BCUT2D eigenvalue weighted by Gasteiger charge is -2.37. The molecule has 1 aromatic carbocycles. The highest BCUT2D eigenvalue weighted by Crippen LogP contribution is 2.41. The lowest BCUT2D eigenvalue weighted by Crippen LogP contribution is -2.39. The molecule has 2 aliphatic rings. The van der Waals surface area contributed by atoms with Crippen molar-refractivity contribution in [3.8, 4) is 0 Å². The maximum absolute atomic E-state index is 12.7. The van der Waals surface area contributed by atoms with Crippen LogP contribution in [0.1, 0.15) is 68.9 Å². The molecule has 144 valence electrons. The third-order valence-corrected chi connectivity index (χ3v) is 6.03. The highest BCUT2D eigenvalue weighted by molar-refractivity contribution is 5.76. The van der Waals surface area contributed by atoms with E-state index >= 15 is 0 Å². The summed E-state index contributed by atoms with van der Waals surface area (Å²) < 4.78 is 3.06. The monoisotopic (exact) mass is 368 g/mol. The van der Waals surface area contributed by atoms with Crippen molar-refractivity contribution in [1.82, 2.24) is 19.7 Å². The van der Waals surface area contributed by atoms with E-state index in [2.05, 4.69) is 42.5 Å². The van der Waals surface area contributed by atoms with E-state index in [9.17, 15) is 9.59 Å². The lowest BCUT2D eigenvalue weighted by molar-refractivity contribution is -0.122. The second kappa shape index (κ2) is 6.98. The van der Waals surface area contributed by atoms with E-state index in [0.29, 0.717) is 6.54 Å². The Kier molecular flexibility index (Phi) is 4.66. The number of carbonyl (C=O) groups is 1. The first-order valence-electron chi connectivity index (χ1n) is 10.0. The van der Waals surface area contributed by atoms with E-state index in [0.717, 1.165) is 44.3 Å². The Bertz CT molecular complexity index is 909. The Labute approximate surface area is 159 Å². The van der Waals surface area contributed by atoms with Gasteiger partial charge in [0.25, 0.3) is 0 Å². The molecule has 4 rings (SSSR count). The number of aryl methyl sites for hydroxylation is 1. The van der Waals surface area contributed by atoms with Gasteiger partial charge in [-0.3, -0.25) is 9.36 Å². The van der Waals surface area contributed by atoms with Gasteiger partial charge in [-0.15, -0.1) is 0 Å². The Morgan fingerprint density at radius 1 is 1.26 bits per heavy atom. The van der Waals surface area contributed by atoms with Crippen LogP contribution in [0.4, 0.5) is 0 Å². The van der Waals surface area contributed by atoms with Crippen LogP contribution >= 0.6 is 0 Å². The molecule has 0 spiro atoms. The molecule has 0 bridgehead atoms. The molecule has 6 heteroatoms. The summed E-state index contributed by atoms with van der Waals surface area (Å²) in [6.45, 7) is 5.20.